The van der Waals surface area contributed by atoms with Gasteiger partial charge in [-0.25, -0.2) is 13.1 Å². The van der Waals surface area contributed by atoms with E-state index in [-0.39, 0.29) is 29.6 Å². The lowest BCUT2D eigenvalue weighted by Gasteiger charge is -2.32. The van der Waals surface area contributed by atoms with Gasteiger partial charge in [0.2, 0.25) is 21.8 Å². The maximum Gasteiger partial charge on any atom is 0.240 e. The second kappa shape index (κ2) is 7.83. The zero-order chi connectivity index (χ0) is 18.7. The molecule has 1 aromatic carbocycles. The van der Waals surface area contributed by atoms with Gasteiger partial charge in [0.25, 0.3) is 0 Å². The predicted octanol–water partition coefficient (Wildman–Crippen LogP) is -0.134. The first-order chi connectivity index (χ1) is 12.4. The molecule has 2 fully saturated rings. The Balaban J connectivity index is 1.57. The summed E-state index contributed by atoms with van der Waals surface area (Å²) < 4.78 is 27.4. The highest BCUT2D eigenvalue weighted by Gasteiger charge is 2.30. The molecule has 0 saturated carbocycles. The van der Waals surface area contributed by atoms with Crippen molar-refractivity contribution in [2.75, 3.05) is 51.2 Å². The van der Waals surface area contributed by atoms with Crippen molar-refractivity contribution in [3.63, 3.8) is 0 Å². The molecule has 0 atom stereocenters. The molecule has 142 valence electrons. The van der Waals surface area contributed by atoms with Crippen LogP contribution in [0.3, 0.4) is 0 Å². The average molecular weight is 380 g/mol. The van der Waals surface area contributed by atoms with Crippen LogP contribution < -0.4 is 9.62 Å². The quantitative estimate of drug-likeness (QED) is 0.692. The van der Waals surface area contributed by atoms with Crippen molar-refractivity contribution >= 4 is 27.5 Å². The van der Waals surface area contributed by atoms with Crippen LogP contribution in [-0.4, -0.2) is 76.3 Å². The van der Waals surface area contributed by atoms with Gasteiger partial charge in [-0.1, -0.05) is 0 Å². The molecule has 0 spiro atoms. The first-order valence-electron chi connectivity index (χ1n) is 8.73. The third kappa shape index (κ3) is 4.29. The number of rotatable bonds is 6. The van der Waals surface area contributed by atoms with Gasteiger partial charge in [0.05, 0.1) is 10.6 Å². The van der Waals surface area contributed by atoms with Crippen molar-refractivity contribution in [2.45, 2.75) is 17.7 Å². The summed E-state index contributed by atoms with van der Waals surface area (Å²) in [6.45, 7) is 4.86. The Hall–Kier alpha value is -1.81. The summed E-state index contributed by atoms with van der Waals surface area (Å²) in [4.78, 5) is 29.2. The molecular formula is C17H24N4O4S. The number of amides is 2. The standard InChI is InChI=1S/C17H24N4O4S/c1-19-10-12-20(13-11-19)9-8-18-26(24,25)15-4-2-14(3-5-15)21-16(22)6-7-17(21)23/h2-5,18H,6-13H2,1H3. The maximum absolute atomic E-state index is 12.4. The second-order valence-electron chi connectivity index (χ2n) is 6.66. The van der Waals surface area contributed by atoms with E-state index in [1.54, 1.807) is 0 Å². The molecule has 8 nitrogen and oxygen atoms in total. The normalized spacial score (nSPS) is 20.1. The Bertz CT molecular complexity index is 754. The van der Waals surface area contributed by atoms with Crippen LogP contribution in [0.5, 0.6) is 0 Å². The molecule has 9 heteroatoms. The van der Waals surface area contributed by atoms with Gasteiger partial charge in [-0.05, 0) is 31.3 Å². The number of nitrogens with zero attached hydrogens (tertiary/aromatic N) is 3. The van der Waals surface area contributed by atoms with Gasteiger partial charge in [-0.3, -0.25) is 19.4 Å². The van der Waals surface area contributed by atoms with Crippen LogP contribution in [0.2, 0.25) is 0 Å². The number of piperazine rings is 1. The molecule has 0 aromatic heterocycles. The zero-order valence-electron chi connectivity index (χ0n) is 14.8. The molecule has 2 saturated heterocycles. The largest absolute Gasteiger partial charge is 0.304 e. The van der Waals surface area contributed by atoms with Gasteiger partial charge in [0.15, 0.2) is 0 Å². The Kier molecular flexibility index (Phi) is 5.71. The van der Waals surface area contributed by atoms with Crippen molar-refractivity contribution in [3.8, 4) is 0 Å². The molecule has 2 heterocycles. The van der Waals surface area contributed by atoms with Crippen LogP contribution in [-0.2, 0) is 19.6 Å². The minimum atomic E-state index is -3.61. The fraction of sp³-hybridized carbons (Fsp3) is 0.529. The molecule has 2 amide bonds. The highest BCUT2D eigenvalue weighted by atomic mass is 32.2. The molecule has 1 N–H and O–H groups in total. The smallest absolute Gasteiger partial charge is 0.240 e. The number of imide groups is 1. The van der Waals surface area contributed by atoms with Gasteiger partial charge in [-0.15, -0.1) is 0 Å². The van der Waals surface area contributed by atoms with Crippen molar-refractivity contribution in [1.82, 2.24) is 14.5 Å². The fourth-order valence-corrected chi connectivity index (χ4v) is 4.15. The lowest BCUT2D eigenvalue weighted by molar-refractivity contribution is -0.121. The number of likely N-dealkylation sites (N-methyl/N-ethyl adjacent to an activating group) is 1. The number of hydrogen-bond donors (Lipinski definition) is 1. The number of sulfonamides is 1. The summed E-state index contributed by atoms with van der Waals surface area (Å²) in [7, 11) is -1.54. The molecule has 0 unspecified atom stereocenters. The Morgan fingerprint density at radius 1 is 0.962 bits per heavy atom. The fourth-order valence-electron chi connectivity index (χ4n) is 3.13. The van der Waals surface area contributed by atoms with Crippen molar-refractivity contribution in [3.05, 3.63) is 24.3 Å². The number of hydrogen-bond acceptors (Lipinski definition) is 6. The summed E-state index contributed by atoms with van der Waals surface area (Å²) in [5, 5.41) is 0. The molecule has 0 aliphatic carbocycles. The van der Waals surface area contributed by atoms with Crippen LogP contribution in [0.25, 0.3) is 0 Å². The number of anilines is 1. The minimum Gasteiger partial charge on any atom is -0.304 e. The molecule has 26 heavy (non-hydrogen) atoms. The minimum absolute atomic E-state index is 0.124. The highest BCUT2D eigenvalue weighted by Crippen LogP contribution is 2.23. The summed E-state index contributed by atoms with van der Waals surface area (Å²) >= 11 is 0. The van der Waals surface area contributed by atoms with E-state index in [4.69, 9.17) is 0 Å². The molecule has 3 rings (SSSR count). The third-order valence-corrected chi connectivity index (χ3v) is 6.25. The second-order valence-corrected chi connectivity index (χ2v) is 8.43. The third-order valence-electron chi connectivity index (χ3n) is 4.77. The number of benzene rings is 1. The van der Waals surface area contributed by atoms with E-state index in [9.17, 15) is 18.0 Å². The highest BCUT2D eigenvalue weighted by molar-refractivity contribution is 7.89. The maximum atomic E-state index is 12.4. The Labute approximate surface area is 153 Å². The number of nitrogens with one attached hydrogen (secondary N) is 1. The monoisotopic (exact) mass is 380 g/mol. The summed E-state index contributed by atoms with van der Waals surface area (Å²) in [5.74, 6) is -0.508. The summed E-state index contributed by atoms with van der Waals surface area (Å²) in [5.41, 5.74) is 0.411. The van der Waals surface area contributed by atoms with Crippen LogP contribution in [0.15, 0.2) is 29.2 Å². The lowest BCUT2D eigenvalue weighted by atomic mass is 10.3. The van der Waals surface area contributed by atoms with Crippen molar-refractivity contribution in [1.29, 1.82) is 0 Å². The predicted molar refractivity (Wildman–Crippen MR) is 97.3 cm³/mol. The number of carbonyl (C=O) groups is 2. The molecule has 2 aliphatic rings. The van der Waals surface area contributed by atoms with Gasteiger partial charge in [0, 0.05) is 52.1 Å². The van der Waals surface area contributed by atoms with Crippen LogP contribution in [0, 0.1) is 0 Å². The molecule has 0 bridgehead atoms. The van der Waals surface area contributed by atoms with E-state index < -0.39 is 10.0 Å². The molecule has 2 aliphatic heterocycles. The zero-order valence-corrected chi connectivity index (χ0v) is 15.7. The van der Waals surface area contributed by atoms with E-state index in [2.05, 4.69) is 21.6 Å². The Morgan fingerprint density at radius 2 is 1.54 bits per heavy atom. The van der Waals surface area contributed by atoms with Crippen LogP contribution in [0.4, 0.5) is 5.69 Å². The SMILES string of the molecule is CN1CCN(CCNS(=O)(=O)c2ccc(N3C(=O)CCC3=O)cc2)CC1. The van der Waals surface area contributed by atoms with E-state index in [1.165, 1.54) is 24.3 Å². The first-order valence-corrected chi connectivity index (χ1v) is 10.2. The van der Waals surface area contributed by atoms with Crippen LogP contribution in [0.1, 0.15) is 12.8 Å². The van der Waals surface area contributed by atoms with E-state index in [0.717, 1.165) is 31.1 Å². The van der Waals surface area contributed by atoms with Crippen molar-refractivity contribution < 1.29 is 18.0 Å². The summed E-state index contributed by atoms with van der Waals surface area (Å²) in [6.07, 6.45) is 0.402. The molecule has 1 aromatic rings. The molecular weight excluding hydrogens is 356 g/mol. The Morgan fingerprint density at radius 3 is 2.12 bits per heavy atom. The van der Waals surface area contributed by atoms with Crippen molar-refractivity contribution in [2.24, 2.45) is 0 Å². The summed E-state index contributed by atoms with van der Waals surface area (Å²) in [6, 6.07) is 5.84. The molecule has 0 radical (unpaired) electrons. The number of carbonyl (C=O) groups excluding carboxylic acids is 2. The van der Waals surface area contributed by atoms with E-state index >= 15 is 0 Å². The van der Waals surface area contributed by atoms with Gasteiger partial charge < -0.3 is 4.90 Å². The van der Waals surface area contributed by atoms with Gasteiger partial charge in [-0.2, -0.15) is 0 Å². The van der Waals surface area contributed by atoms with E-state index in [1.807, 2.05) is 0 Å². The first kappa shape index (κ1) is 19.0. The van der Waals surface area contributed by atoms with Crippen LogP contribution >= 0.6 is 0 Å². The lowest BCUT2D eigenvalue weighted by Crippen LogP contribution is -2.46. The topological polar surface area (TPSA) is 90.0 Å². The van der Waals surface area contributed by atoms with E-state index in [0.29, 0.717) is 18.8 Å². The van der Waals surface area contributed by atoms with Gasteiger partial charge >= 0.3 is 0 Å². The average Bonchev–Trinajstić information content (AvgIpc) is 2.95. The van der Waals surface area contributed by atoms with Gasteiger partial charge in [0.1, 0.15) is 0 Å².